The third-order valence-electron chi connectivity index (χ3n) is 6.10. The fourth-order valence-electron chi connectivity index (χ4n) is 4.29. The van der Waals surface area contributed by atoms with Gasteiger partial charge in [-0.2, -0.15) is 0 Å². The van der Waals surface area contributed by atoms with Gasteiger partial charge >= 0.3 is 6.03 Å². The van der Waals surface area contributed by atoms with E-state index < -0.39 is 0 Å². The van der Waals surface area contributed by atoms with E-state index in [-0.39, 0.29) is 11.9 Å². The Morgan fingerprint density at radius 2 is 1.87 bits per heavy atom. The van der Waals surface area contributed by atoms with Crippen LogP contribution < -0.4 is 10.1 Å². The molecule has 2 aromatic rings. The van der Waals surface area contributed by atoms with Gasteiger partial charge in [-0.3, -0.25) is 10.1 Å². The number of ether oxygens (including phenoxy) is 1. The number of hydrogen-bond donors (Lipinski definition) is 1. The summed E-state index contributed by atoms with van der Waals surface area (Å²) in [6, 6.07) is 7.29. The zero-order valence-electron chi connectivity index (χ0n) is 17.8. The number of aromatic nitrogens is 1. The maximum Gasteiger partial charge on any atom is 0.323 e. The third-order valence-corrected chi connectivity index (χ3v) is 6.79. The largest absolute Gasteiger partial charge is 0.494 e. The number of piperazine rings is 1. The molecule has 1 saturated carbocycles. The Kier molecular flexibility index (Phi) is 7.40. The van der Waals surface area contributed by atoms with Crippen molar-refractivity contribution in [3.8, 4) is 5.75 Å². The van der Waals surface area contributed by atoms with Gasteiger partial charge in [0.1, 0.15) is 5.75 Å². The first-order valence-electron chi connectivity index (χ1n) is 11.2. The Balaban J connectivity index is 1.24. The van der Waals surface area contributed by atoms with E-state index in [1.165, 1.54) is 43.4 Å². The fraction of sp³-hybridized carbons (Fsp3) is 0.522. The van der Waals surface area contributed by atoms with Crippen molar-refractivity contribution in [2.24, 2.45) is 5.92 Å². The van der Waals surface area contributed by atoms with Gasteiger partial charge in [0.25, 0.3) is 5.91 Å². The Hall–Kier alpha value is -2.61. The minimum atomic E-state index is -0.171. The minimum absolute atomic E-state index is 0.0160. The van der Waals surface area contributed by atoms with Crippen LogP contribution in [-0.4, -0.2) is 59.5 Å². The number of thiazole rings is 1. The predicted molar refractivity (Wildman–Crippen MR) is 122 cm³/mol. The molecule has 166 valence electrons. The van der Waals surface area contributed by atoms with Gasteiger partial charge in [-0.1, -0.05) is 38.2 Å². The van der Waals surface area contributed by atoms with E-state index in [0.29, 0.717) is 43.5 Å². The van der Waals surface area contributed by atoms with Gasteiger partial charge in [0, 0.05) is 43.3 Å². The summed E-state index contributed by atoms with van der Waals surface area (Å²) in [5.74, 6) is 1.52. The van der Waals surface area contributed by atoms with Gasteiger partial charge < -0.3 is 14.5 Å². The van der Waals surface area contributed by atoms with E-state index in [0.717, 1.165) is 18.1 Å². The van der Waals surface area contributed by atoms with E-state index in [4.69, 9.17) is 4.74 Å². The van der Waals surface area contributed by atoms with Crippen molar-refractivity contribution in [2.75, 3.05) is 38.1 Å². The lowest BCUT2D eigenvalue weighted by Gasteiger charge is -2.34. The Bertz CT molecular complexity index is 859. The summed E-state index contributed by atoms with van der Waals surface area (Å²) in [5.41, 5.74) is 0.635. The normalized spacial score (nSPS) is 17.4. The summed E-state index contributed by atoms with van der Waals surface area (Å²) in [5, 5.41) is 5.20. The van der Waals surface area contributed by atoms with Crippen LogP contribution in [0.5, 0.6) is 5.75 Å². The molecule has 0 bridgehead atoms. The van der Waals surface area contributed by atoms with Gasteiger partial charge in [0.15, 0.2) is 5.13 Å². The molecule has 0 unspecified atom stereocenters. The van der Waals surface area contributed by atoms with Crippen molar-refractivity contribution in [3.05, 3.63) is 41.4 Å². The highest BCUT2D eigenvalue weighted by Crippen LogP contribution is 2.26. The Labute approximate surface area is 187 Å². The molecule has 1 aliphatic carbocycles. The molecule has 1 aromatic carbocycles. The summed E-state index contributed by atoms with van der Waals surface area (Å²) >= 11 is 1.39. The first-order chi connectivity index (χ1) is 15.2. The third kappa shape index (κ3) is 5.97. The monoisotopic (exact) mass is 442 g/mol. The molecule has 3 amide bonds. The van der Waals surface area contributed by atoms with Crippen LogP contribution in [0.25, 0.3) is 0 Å². The van der Waals surface area contributed by atoms with Crippen molar-refractivity contribution in [1.82, 2.24) is 14.8 Å². The predicted octanol–water partition coefficient (Wildman–Crippen LogP) is 4.48. The van der Waals surface area contributed by atoms with E-state index >= 15 is 0 Å². The number of nitrogens with zero attached hydrogens (tertiary/aromatic N) is 3. The summed E-state index contributed by atoms with van der Waals surface area (Å²) in [4.78, 5) is 32.9. The molecule has 0 radical (unpaired) electrons. The van der Waals surface area contributed by atoms with Crippen LogP contribution in [0.2, 0.25) is 0 Å². The molecule has 31 heavy (non-hydrogen) atoms. The smallest absolute Gasteiger partial charge is 0.323 e. The second-order valence-electron chi connectivity index (χ2n) is 8.22. The highest BCUT2D eigenvalue weighted by atomic mass is 32.1. The van der Waals surface area contributed by atoms with E-state index in [9.17, 15) is 9.59 Å². The Morgan fingerprint density at radius 1 is 1.10 bits per heavy atom. The average Bonchev–Trinajstić information content (AvgIpc) is 3.33. The number of rotatable bonds is 6. The summed E-state index contributed by atoms with van der Waals surface area (Å²) < 4.78 is 5.95. The molecule has 1 aromatic heterocycles. The van der Waals surface area contributed by atoms with Crippen molar-refractivity contribution in [3.63, 3.8) is 0 Å². The topological polar surface area (TPSA) is 74.8 Å². The SMILES string of the molecule is O=C(Nc1nccs1)N1CCN(C(=O)c2cccc(OCCC3CCCCC3)c2)CC1. The van der Waals surface area contributed by atoms with Crippen LogP contribution >= 0.6 is 11.3 Å². The lowest BCUT2D eigenvalue weighted by Crippen LogP contribution is -2.51. The molecule has 7 nitrogen and oxygen atoms in total. The van der Waals surface area contributed by atoms with Gasteiger partial charge in [-0.05, 0) is 30.5 Å². The van der Waals surface area contributed by atoms with Gasteiger partial charge in [0.05, 0.1) is 6.61 Å². The van der Waals surface area contributed by atoms with Crippen molar-refractivity contribution < 1.29 is 14.3 Å². The molecule has 1 aliphatic heterocycles. The molecule has 4 rings (SSSR count). The number of benzene rings is 1. The zero-order valence-corrected chi connectivity index (χ0v) is 18.6. The van der Waals surface area contributed by atoms with Gasteiger partial charge in [0.2, 0.25) is 0 Å². The van der Waals surface area contributed by atoms with Crippen LogP contribution in [0.1, 0.15) is 48.9 Å². The highest BCUT2D eigenvalue weighted by molar-refractivity contribution is 7.13. The second-order valence-corrected chi connectivity index (χ2v) is 9.11. The van der Waals surface area contributed by atoms with Crippen molar-refractivity contribution in [1.29, 1.82) is 0 Å². The number of urea groups is 1. The molecular weight excluding hydrogens is 412 g/mol. The summed E-state index contributed by atoms with van der Waals surface area (Å²) in [6.07, 6.45) is 9.43. The van der Waals surface area contributed by atoms with Crippen LogP contribution in [0.4, 0.5) is 9.93 Å². The Morgan fingerprint density at radius 3 is 2.61 bits per heavy atom. The molecule has 2 aliphatic rings. The van der Waals surface area contributed by atoms with Crippen LogP contribution in [0.15, 0.2) is 35.8 Å². The number of amides is 3. The first kappa shape index (κ1) is 21.6. The minimum Gasteiger partial charge on any atom is -0.494 e. The second kappa shape index (κ2) is 10.6. The zero-order chi connectivity index (χ0) is 21.5. The van der Waals surface area contributed by atoms with Gasteiger partial charge in [-0.15, -0.1) is 11.3 Å². The van der Waals surface area contributed by atoms with Crippen LogP contribution in [0, 0.1) is 5.92 Å². The van der Waals surface area contributed by atoms with Gasteiger partial charge in [-0.25, -0.2) is 9.78 Å². The lowest BCUT2D eigenvalue weighted by atomic mass is 9.87. The van der Waals surface area contributed by atoms with E-state index in [2.05, 4.69) is 10.3 Å². The maximum atomic E-state index is 12.9. The fourth-order valence-corrected chi connectivity index (χ4v) is 4.81. The average molecular weight is 443 g/mol. The lowest BCUT2D eigenvalue weighted by molar-refractivity contribution is 0.0671. The number of anilines is 1. The molecule has 0 atom stereocenters. The molecule has 1 N–H and O–H groups in total. The highest BCUT2D eigenvalue weighted by Gasteiger charge is 2.25. The number of carbonyl (C=O) groups excluding carboxylic acids is 2. The summed E-state index contributed by atoms with van der Waals surface area (Å²) in [7, 11) is 0. The van der Waals surface area contributed by atoms with Crippen molar-refractivity contribution >= 4 is 28.4 Å². The first-order valence-corrected chi connectivity index (χ1v) is 12.0. The molecular formula is C23H30N4O3S. The molecule has 8 heteroatoms. The number of carbonyl (C=O) groups is 2. The van der Waals surface area contributed by atoms with E-state index in [1.54, 1.807) is 16.0 Å². The molecule has 0 spiro atoms. The van der Waals surface area contributed by atoms with Crippen LogP contribution in [-0.2, 0) is 0 Å². The molecule has 1 saturated heterocycles. The number of hydrogen-bond acceptors (Lipinski definition) is 5. The quantitative estimate of drug-likeness (QED) is 0.716. The number of nitrogens with one attached hydrogen (secondary N) is 1. The van der Waals surface area contributed by atoms with E-state index in [1.807, 2.05) is 29.6 Å². The molecule has 2 heterocycles. The standard InChI is InChI=1S/C23H30N4O3S/c28-21(26-11-13-27(14-12-26)23(29)25-22-24-10-16-31-22)19-7-4-8-20(17-19)30-15-9-18-5-2-1-3-6-18/h4,7-8,10,16-18H,1-3,5-6,9,11-15H2,(H,24,25,29). The van der Waals surface area contributed by atoms with Crippen LogP contribution in [0.3, 0.4) is 0 Å². The maximum absolute atomic E-state index is 12.9. The summed E-state index contributed by atoms with van der Waals surface area (Å²) in [6.45, 7) is 2.73. The molecule has 2 fully saturated rings. The van der Waals surface area contributed by atoms with Crippen molar-refractivity contribution in [2.45, 2.75) is 38.5 Å².